The van der Waals surface area contributed by atoms with Gasteiger partial charge in [0.2, 0.25) is 0 Å². The van der Waals surface area contributed by atoms with E-state index in [-0.39, 0.29) is 24.4 Å². The quantitative estimate of drug-likeness (QED) is 0.758. The molecule has 0 bridgehead atoms. The van der Waals surface area contributed by atoms with Crippen molar-refractivity contribution in [1.82, 2.24) is 4.90 Å². The SMILES string of the molecule is CCc1ccccc1NC(=O)C[NH+](C)[C@@H](C(=O)N1CCCCC1)c1ccccc1. The number of aryl methyl sites for hydroxylation is 1. The maximum Gasteiger partial charge on any atom is 0.285 e. The van der Waals surface area contributed by atoms with Gasteiger partial charge in [-0.25, -0.2) is 0 Å². The lowest BCUT2D eigenvalue weighted by Crippen LogP contribution is -3.11. The minimum atomic E-state index is -0.374. The molecule has 2 amide bonds. The van der Waals surface area contributed by atoms with Gasteiger partial charge in [-0.15, -0.1) is 0 Å². The Kier molecular flexibility index (Phi) is 7.42. The summed E-state index contributed by atoms with van der Waals surface area (Å²) in [6.07, 6.45) is 4.15. The molecule has 0 aromatic heterocycles. The van der Waals surface area contributed by atoms with Gasteiger partial charge in [0.15, 0.2) is 12.6 Å². The summed E-state index contributed by atoms with van der Waals surface area (Å²) in [7, 11) is 1.94. The predicted octanol–water partition coefficient (Wildman–Crippen LogP) is 2.46. The minimum Gasteiger partial charge on any atom is -0.337 e. The highest BCUT2D eigenvalue weighted by Gasteiger charge is 2.34. The van der Waals surface area contributed by atoms with Crippen LogP contribution in [0.3, 0.4) is 0 Å². The number of carbonyl (C=O) groups excluding carboxylic acids is 2. The first-order chi connectivity index (χ1) is 14.1. The zero-order valence-electron chi connectivity index (χ0n) is 17.5. The van der Waals surface area contributed by atoms with Gasteiger partial charge in [-0.05, 0) is 37.3 Å². The summed E-state index contributed by atoms with van der Waals surface area (Å²) in [6, 6.07) is 17.3. The van der Waals surface area contributed by atoms with E-state index in [0.29, 0.717) is 0 Å². The highest BCUT2D eigenvalue weighted by atomic mass is 16.2. The van der Waals surface area contributed by atoms with E-state index in [1.54, 1.807) is 0 Å². The second kappa shape index (κ2) is 10.2. The van der Waals surface area contributed by atoms with Crippen LogP contribution in [-0.2, 0) is 16.0 Å². The third-order valence-electron chi connectivity index (χ3n) is 5.65. The Bertz CT molecular complexity index is 816. The Morgan fingerprint density at radius 2 is 1.66 bits per heavy atom. The molecule has 1 aliphatic rings. The average molecular weight is 395 g/mol. The van der Waals surface area contributed by atoms with Gasteiger partial charge in [-0.1, -0.05) is 55.5 Å². The molecule has 1 saturated heterocycles. The normalized spacial score (nSPS) is 16.1. The van der Waals surface area contributed by atoms with Gasteiger partial charge < -0.3 is 15.1 Å². The topological polar surface area (TPSA) is 53.9 Å². The lowest BCUT2D eigenvalue weighted by Gasteiger charge is -2.32. The summed E-state index contributed by atoms with van der Waals surface area (Å²) in [5.74, 6) is 0.0472. The van der Waals surface area contributed by atoms with Crippen molar-refractivity contribution in [2.24, 2.45) is 0 Å². The number of piperidine rings is 1. The zero-order chi connectivity index (χ0) is 20.6. The molecule has 1 fully saturated rings. The van der Waals surface area contributed by atoms with Crippen LogP contribution in [0.5, 0.6) is 0 Å². The number of hydrogen-bond acceptors (Lipinski definition) is 2. The first-order valence-electron chi connectivity index (χ1n) is 10.6. The van der Waals surface area contributed by atoms with Crippen molar-refractivity contribution in [2.75, 3.05) is 32.0 Å². The van der Waals surface area contributed by atoms with Crippen LogP contribution >= 0.6 is 0 Å². The monoisotopic (exact) mass is 394 g/mol. The summed E-state index contributed by atoms with van der Waals surface area (Å²) >= 11 is 0. The Morgan fingerprint density at radius 3 is 2.34 bits per heavy atom. The molecule has 5 heteroatoms. The number of nitrogens with one attached hydrogen (secondary N) is 2. The number of benzene rings is 2. The number of para-hydroxylation sites is 1. The number of quaternary nitrogens is 1. The molecule has 2 N–H and O–H groups in total. The summed E-state index contributed by atoms with van der Waals surface area (Å²) in [6.45, 7) is 3.93. The molecule has 1 aliphatic heterocycles. The summed E-state index contributed by atoms with van der Waals surface area (Å²) < 4.78 is 0. The molecule has 1 unspecified atom stereocenters. The maximum absolute atomic E-state index is 13.4. The average Bonchev–Trinajstić information content (AvgIpc) is 2.75. The van der Waals surface area contributed by atoms with E-state index < -0.39 is 0 Å². The molecule has 2 aromatic rings. The zero-order valence-corrected chi connectivity index (χ0v) is 17.5. The van der Waals surface area contributed by atoms with Gasteiger partial charge in [0.25, 0.3) is 11.8 Å². The highest BCUT2D eigenvalue weighted by molar-refractivity contribution is 5.92. The van der Waals surface area contributed by atoms with Crippen molar-refractivity contribution in [3.05, 3.63) is 65.7 Å². The smallest absolute Gasteiger partial charge is 0.285 e. The van der Waals surface area contributed by atoms with Crippen LogP contribution in [0.1, 0.15) is 43.4 Å². The molecule has 3 rings (SSSR count). The Hall–Kier alpha value is -2.66. The second-order valence-corrected chi connectivity index (χ2v) is 7.81. The molecule has 0 spiro atoms. The van der Waals surface area contributed by atoms with Gasteiger partial charge >= 0.3 is 0 Å². The summed E-state index contributed by atoms with van der Waals surface area (Å²) in [5, 5.41) is 3.03. The van der Waals surface area contributed by atoms with E-state index in [1.165, 1.54) is 6.42 Å². The predicted molar refractivity (Wildman–Crippen MR) is 116 cm³/mol. The van der Waals surface area contributed by atoms with E-state index >= 15 is 0 Å². The molecule has 2 aromatic carbocycles. The van der Waals surface area contributed by atoms with Crippen LogP contribution < -0.4 is 10.2 Å². The van der Waals surface area contributed by atoms with Crippen LogP contribution in [0.4, 0.5) is 5.69 Å². The largest absolute Gasteiger partial charge is 0.337 e. The maximum atomic E-state index is 13.4. The van der Waals surface area contributed by atoms with Crippen molar-refractivity contribution >= 4 is 17.5 Å². The lowest BCUT2D eigenvalue weighted by molar-refractivity contribution is -0.894. The highest BCUT2D eigenvalue weighted by Crippen LogP contribution is 2.17. The van der Waals surface area contributed by atoms with E-state index in [1.807, 2.05) is 66.5 Å². The van der Waals surface area contributed by atoms with E-state index in [2.05, 4.69) is 12.2 Å². The molecule has 1 heterocycles. The lowest BCUT2D eigenvalue weighted by atomic mass is 10.0. The molecular formula is C24H32N3O2+. The van der Waals surface area contributed by atoms with Crippen molar-refractivity contribution in [2.45, 2.75) is 38.6 Å². The summed E-state index contributed by atoms with van der Waals surface area (Å²) in [4.78, 5) is 29.0. The van der Waals surface area contributed by atoms with E-state index in [4.69, 9.17) is 0 Å². The number of amides is 2. The summed E-state index contributed by atoms with van der Waals surface area (Å²) in [5.41, 5.74) is 2.93. The van der Waals surface area contributed by atoms with Crippen LogP contribution in [0.15, 0.2) is 54.6 Å². The van der Waals surface area contributed by atoms with E-state index in [0.717, 1.165) is 54.1 Å². The number of rotatable bonds is 7. The molecular weight excluding hydrogens is 362 g/mol. The first kappa shape index (κ1) is 21.1. The molecule has 5 nitrogen and oxygen atoms in total. The molecule has 154 valence electrons. The molecule has 0 radical (unpaired) electrons. The van der Waals surface area contributed by atoms with Gasteiger partial charge in [-0.2, -0.15) is 0 Å². The number of nitrogens with zero attached hydrogens (tertiary/aromatic N) is 1. The third-order valence-corrected chi connectivity index (χ3v) is 5.65. The fourth-order valence-electron chi connectivity index (χ4n) is 4.08. The number of carbonyl (C=O) groups is 2. The molecule has 2 atom stereocenters. The molecule has 0 aliphatic carbocycles. The van der Waals surface area contributed by atoms with Gasteiger partial charge in [0.1, 0.15) is 0 Å². The van der Waals surface area contributed by atoms with Crippen molar-refractivity contribution < 1.29 is 14.5 Å². The Labute approximate surface area is 173 Å². The Balaban J connectivity index is 1.74. The van der Waals surface area contributed by atoms with Crippen molar-refractivity contribution in [3.8, 4) is 0 Å². The standard InChI is InChI=1S/C24H31N3O2/c1-3-19-12-8-9-15-21(19)25-22(28)18-26(2)23(20-13-6-4-7-14-20)24(29)27-16-10-5-11-17-27/h4,6-9,12-15,23H,3,5,10-11,16-18H2,1-2H3,(H,25,28)/p+1/t23-/m1/s1. The van der Waals surface area contributed by atoms with Gasteiger partial charge in [0.05, 0.1) is 7.05 Å². The number of anilines is 1. The van der Waals surface area contributed by atoms with Gasteiger partial charge in [-0.3, -0.25) is 9.59 Å². The molecule has 0 saturated carbocycles. The number of likely N-dealkylation sites (N-methyl/N-ethyl adjacent to an activating group) is 1. The van der Waals surface area contributed by atoms with Crippen molar-refractivity contribution in [1.29, 1.82) is 0 Å². The second-order valence-electron chi connectivity index (χ2n) is 7.81. The first-order valence-corrected chi connectivity index (χ1v) is 10.6. The van der Waals surface area contributed by atoms with Crippen LogP contribution in [0.2, 0.25) is 0 Å². The number of likely N-dealkylation sites (tertiary alicyclic amines) is 1. The Morgan fingerprint density at radius 1 is 1.00 bits per heavy atom. The minimum absolute atomic E-state index is 0.0734. The van der Waals surface area contributed by atoms with Crippen LogP contribution in [0, 0.1) is 0 Å². The number of hydrogen-bond donors (Lipinski definition) is 2. The van der Waals surface area contributed by atoms with Crippen molar-refractivity contribution in [3.63, 3.8) is 0 Å². The van der Waals surface area contributed by atoms with Crippen LogP contribution in [0.25, 0.3) is 0 Å². The fourth-order valence-corrected chi connectivity index (χ4v) is 4.08. The fraction of sp³-hybridized carbons (Fsp3) is 0.417. The van der Waals surface area contributed by atoms with Crippen LogP contribution in [-0.4, -0.2) is 43.4 Å². The van der Waals surface area contributed by atoms with Gasteiger partial charge in [0, 0.05) is 24.3 Å². The van der Waals surface area contributed by atoms with E-state index in [9.17, 15) is 9.59 Å². The molecule has 29 heavy (non-hydrogen) atoms. The third kappa shape index (κ3) is 5.45.